The van der Waals surface area contributed by atoms with E-state index in [1.54, 1.807) is 24.3 Å². The molecule has 0 saturated heterocycles. The maximum atomic E-state index is 13.1. The van der Waals surface area contributed by atoms with Crippen LogP contribution in [0.5, 0.6) is 0 Å². The molecule has 0 fully saturated rings. The molecular formula is C23H19ClN2O. The number of carbonyl (C=O) groups excluding carboxylic acids is 1. The number of carbonyl (C=O) groups is 1. The zero-order chi connectivity index (χ0) is 18.6. The molecular weight excluding hydrogens is 356 g/mol. The van der Waals surface area contributed by atoms with Gasteiger partial charge in [0.2, 0.25) is 0 Å². The molecule has 0 radical (unpaired) electrons. The highest BCUT2D eigenvalue weighted by molar-refractivity contribution is 6.30. The largest absolute Gasteiger partial charge is 0.349 e. The Balaban J connectivity index is 1.70. The molecule has 0 N–H and O–H groups in total. The van der Waals surface area contributed by atoms with E-state index in [0.29, 0.717) is 23.8 Å². The molecule has 0 aromatic heterocycles. The molecule has 4 heteroatoms. The van der Waals surface area contributed by atoms with Gasteiger partial charge in [-0.15, -0.1) is 0 Å². The highest BCUT2D eigenvalue weighted by atomic mass is 35.5. The Bertz CT molecular complexity index is 953. The maximum Gasteiger partial charge on any atom is 0.192 e. The predicted molar refractivity (Wildman–Crippen MR) is 111 cm³/mol. The molecule has 0 atom stereocenters. The van der Waals surface area contributed by atoms with E-state index in [-0.39, 0.29) is 5.78 Å². The van der Waals surface area contributed by atoms with E-state index >= 15 is 0 Å². The van der Waals surface area contributed by atoms with Gasteiger partial charge in [-0.3, -0.25) is 4.79 Å². The number of halogens is 1. The van der Waals surface area contributed by atoms with Gasteiger partial charge in [0.05, 0.1) is 13.2 Å². The van der Waals surface area contributed by atoms with Crippen LogP contribution in [0.3, 0.4) is 0 Å². The van der Waals surface area contributed by atoms with Gasteiger partial charge in [-0.1, -0.05) is 48.0 Å². The number of hydrogen-bond acceptors (Lipinski definition) is 3. The summed E-state index contributed by atoms with van der Waals surface area (Å²) in [4.78, 5) is 17.4. The van der Waals surface area contributed by atoms with Crippen molar-refractivity contribution in [3.05, 3.63) is 107 Å². The Morgan fingerprint density at radius 2 is 1.37 bits per heavy atom. The van der Waals surface area contributed by atoms with Crippen LogP contribution < -0.4 is 9.80 Å². The second-order valence-electron chi connectivity index (χ2n) is 6.47. The van der Waals surface area contributed by atoms with Crippen molar-refractivity contribution in [1.82, 2.24) is 0 Å². The lowest BCUT2D eigenvalue weighted by molar-refractivity contribution is 0.103. The van der Waals surface area contributed by atoms with Crippen LogP contribution in [0.1, 0.15) is 10.4 Å². The van der Waals surface area contributed by atoms with Crippen molar-refractivity contribution in [1.29, 1.82) is 0 Å². The van der Waals surface area contributed by atoms with Crippen LogP contribution in [0.15, 0.2) is 96.7 Å². The second-order valence-corrected chi connectivity index (χ2v) is 6.91. The molecule has 27 heavy (non-hydrogen) atoms. The van der Waals surface area contributed by atoms with Crippen LogP contribution in [0.25, 0.3) is 0 Å². The molecule has 3 aromatic rings. The quantitative estimate of drug-likeness (QED) is 0.572. The standard InChI is InChI=1S/C23H19ClN2O/c24-20-13-11-18(12-14-20)23(27)19-15-25(21-7-3-1-4-8-21)17-26(16-19)22-9-5-2-6-10-22/h1-15H,16-17H2. The van der Waals surface area contributed by atoms with E-state index in [1.165, 1.54) is 0 Å². The fraction of sp³-hybridized carbons (Fsp3) is 0.0870. The Hall–Kier alpha value is -3.04. The second kappa shape index (κ2) is 7.68. The highest BCUT2D eigenvalue weighted by Gasteiger charge is 2.24. The van der Waals surface area contributed by atoms with E-state index in [1.807, 2.05) is 42.6 Å². The molecule has 0 bridgehead atoms. The number of para-hydroxylation sites is 2. The van der Waals surface area contributed by atoms with E-state index in [0.717, 1.165) is 16.9 Å². The third-order valence-corrected chi connectivity index (χ3v) is 4.86. The van der Waals surface area contributed by atoms with Crippen LogP contribution in [-0.4, -0.2) is 19.0 Å². The zero-order valence-corrected chi connectivity index (χ0v) is 15.5. The van der Waals surface area contributed by atoms with Crippen molar-refractivity contribution < 1.29 is 4.79 Å². The van der Waals surface area contributed by atoms with Gasteiger partial charge in [-0.25, -0.2) is 0 Å². The van der Waals surface area contributed by atoms with Crippen molar-refractivity contribution >= 4 is 28.8 Å². The lowest BCUT2D eigenvalue weighted by atomic mass is 10.0. The average molecular weight is 375 g/mol. The molecule has 134 valence electrons. The van der Waals surface area contributed by atoms with Crippen molar-refractivity contribution in [2.75, 3.05) is 23.0 Å². The Kier molecular flexibility index (Phi) is 4.95. The summed E-state index contributed by atoms with van der Waals surface area (Å²) in [6.07, 6.45) is 1.96. The zero-order valence-electron chi connectivity index (χ0n) is 14.8. The molecule has 1 heterocycles. The smallest absolute Gasteiger partial charge is 0.192 e. The minimum absolute atomic E-state index is 0.0215. The molecule has 0 unspecified atom stereocenters. The van der Waals surface area contributed by atoms with E-state index in [2.05, 4.69) is 34.1 Å². The lowest BCUT2D eigenvalue weighted by Crippen LogP contribution is -2.42. The number of benzene rings is 3. The summed E-state index contributed by atoms with van der Waals surface area (Å²) >= 11 is 5.97. The van der Waals surface area contributed by atoms with Gasteiger partial charge in [-0.2, -0.15) is 0 Å². The number of ketones is 1. The molecule has 4 rings (SSSR count). The molecule has 0 saturated carbocycles. The first-order valence-electron chi connectivity index (χ1n) is 8.83. The normalized spacial score (nSPS) is 14.0. The maximum absolute atomic E-state index is 13.1. The molecule has 0 spiro atoms. The van der Waals surface area contributed by atoms with Crippen molar-refractivity contribution in [2.45, 2.75) is 0 Å². The summed E-state index contributed by atoms with van der Waals surface area (Å²) in [7, 11) is 0. The summed E-state index contributed by atoms with van der Waals surface area (Å²) in [5.41, 5.74) is 3.54. The van der Waals surface area contributed by atoms with Crippen molar-refractivity contribution in [2.24, 2.45) is 0 Å². The number of Topliss-reactive ketones (excluding diaryl/α,β-unsaturated/α-hetero) is 1. The van der Waals surface area contributed by atoms with Gasteiger partial charge < -0.3 is 9.80 Å². The summed E-state index contributed by atoms with van der Waals surface area (Å²) in [5, 5.41) is 0.626. The van der Waals surface area contributed by atoms with Crippen LogP contribution in [0.2, 0.25) is 5.02 Å². The summed E-state index contributed by atoms with van der Waals surface area (Å²) in [5.74, 6) is 0.0215. The van der Waals surface area contributed by atoms with Crippen molar-refractivity contribution in [3.63, 3.8) is 0 Å². The van der Waals surface area contributed by atoms with Crippen LogP contribution in [0, 0.1) is 0 Å². The van der Waals surface area contributed by atoms with Gasteiger partial charge in [0, 0.05) is 33.7 Å². The highest BCUT2D eigenvalue weighted by Crippen LogP contribution is 2.26. The van der Waals surface area contributed by atoms with E-state index in [4.69, 9.17) is 11.6 Å². The lowest BCUT2D eigenvalue weighted by Gasteiger charge is -2.36. The van der Waals surface area contributed by atoms with Gasteiger partial charge in [-0.05, 0) is 48.5 Å². The Morgan fingerprint density at radius 1 is 0.778 bits per heavy atom. The third kappa shape index (κ3) is 3.88. The number of anilines is 2. The number of hydrogen-bond donors (Lipinski definition) is 0. The monoisotopic (exact) mass is 374 g/mol. The van der Waals surface area contributed by atoms with Gasteiger partial charge in [0.1, 0.15) is 0 Å². The van der Waals surface area contributed by atoms with Gasteiger partial charge in [0.25, 0.3) is 0 Å². The first kappa shape index (κ1) is 17.4. The van der Waals surface area contributed by atoms with Crippen molar-refractivity contribution in [3.8, 4) is 0 Å². The number of nitrogens with zero attached hydrogens (tertiary/aromatic N) is 2. The van der Waals surface area contributed by atoms with E-state index in [9.17, 15) is 4.79 Å². The molecule has 1 aliphatic heterocycles. The van der Waals surface area contributed by atoms with Crippen LogP contribution in [0.4, 0.5) is 11.4 Å². The Labute approximate surface area is 164 Å². The van der Waals surface area contributed by atoms with Gasteiger partial charge >= 0.3 is 0 Å². The average Bonchev–Trinajstić information content (AvgIpc) is 2.75. The fourth-order valence-electron chi connectivity index (χ4n) is 3.21. The third-order valence-electron chi connectivity index (χ3n) is 4.60. The topological polar surface area (TPSA) is 23.6 Å². The summed E-state index contributed by atoms with van der Waals surface area (Å²) in [6.45, 7) is 1.25. The van der Waals surface area contributed by atoms with Crippen LogP contribution >= 0.6 is 11.6 Å². The number of rotatable bonds is 4. The first-order valence-corrected chi connectivity index (χ1v) is 9.21. The predicted octanol–water partition coefficient (Wildman–Crippen LogP) is 5.39. The van der Waals surface area contributed by atoms with E-state index < -0.39 is 0 Å². The fourth-order valence-corrected chi connectivity index (χ4v) is 3.34. The summed E-state index contributed by atoms with van der Waals surface area (Å²) in [6, 6.07) is 27.3. The molecule has 3 nitrogen and oxygen atoms in total. The molecule has 1 aliphatic rings. The minimum atomic E-state index is 0.0215. The van der Waals surface area contributed by atoms with Crippen LogP contribution in [-0.2, 0) is 0 Å². The Morgan fingerprint density at radius 3 is 2.00 bits per heavy atom. The summed E-state index contributed by atoms with van der Waals surface area (Å²) < 4.78 is 0. The minimum Gasteiger partial charge on any atom is -0.349 e. The van der Waals surface area contributed by atoms with Gasteiger partial charge in [0.15, 0.2) is 5.78 Å². The first-order chi connectivity index (χ1) is 13.2. The molecule has 3 aromatic carbocycles. The molecule has 0 amide bonds. The SMILES string of the molecule is O=C(C1=CN(c2ccccc2)CN(c2ccccc2)C1)c1ccc(Cl)cc1. The molecule has 0 aliphatic carbocycles.